The predicted molar refractivity (Wildman–Crippen MR) is 140 cm³/mol. The van der Waals surface area contributed by atoms with Gasteiger partial charge in [0.05, 0.1) is 19.4 Å². The van der Waals surface area contributed by atoms with Gasteiger partial charge in [0.1, 0.15) is 18.6 Å². The number of ether oxygens (including phenoxy) is 2. The lowest BCUT2D eigenvalue weighted by Crippen LogP contribution is -2.35. The molecule has 2 N–H and O–H groups in total. The van der Waals surface area contributed by atoms with Gasteiger partial charge in [0, 0.05) is 54.6 Å². The van der Waals surface area contributed by atoms with Crippen LogP contribution in [0.2, 0.25) is 0 Å². The van der Waals surface area contributed by atoms with E-state index in [2.05, 4.69) is 33.0 Å². The summed E-state index contributed by atoms with van der Waals surface area (Å²) in [6.45, 7) is 3.66. The average Bonchev–Trinajstić information content (AvgIpc) is 3.23. The van der Waals surface area contributed by atoms with E-state index in [1.807, 2.05) is 18.2 Å². The molecule has 0 bridgehead atoms. The zero-order valence-electron chi connectivity index (χ0n) is 21.0. The fourth-order valence-electron chi connectivity index (χ4n) is 5.42. The van der Waals surface area contributed by atoms with E-state index in [0.717, 1.165) is 91.0 Å². The summed E-state index contributed by atoms with van der Waals surface area (Å²) in [6.07, 6.45) is 6.88. The van der Waals surface area contributed by atoms with Crippen LogP contribution in [0.3, 0.4) is 0 Å². The topological polar surface area (TPSA) is 91.3 Å². The molecule has 0 spiro atoms. The van der Waals surface area contributed by atoms with E-state index in [4.69, 9.17) is 20.0 Å². The zero-order chi connectivity index (χ0) is 25.1. The number of fused-ring (bicyclic) bond motifs is 2. The number of nitrogens with two attached hydrogens (primary N) is 1. The summed E-state index contributed by atoms with van der Waals surface area (Å²) in [6, 6.07) is 12.4. The van der Waals surface area contributed by atoms with Gasteiger partial charge in [-0.1, -0.05) is 11.2 Å². The number of amides is 1. The first-order valence-corrected chi connectivity index (χ1v) is 12.6. The number of hydrogen-bond acceptors (Lipinski definition) is 6. The van der Waals surface area contributed by atoms with Crippen LogP contribution in [-0.4, -0.2) is 61.5 Å². The quantitative estimate of drug-likeness (QED) is 0.503. The molecule has 8 heteroatoms. The molecule has 2 aromatic carbocycles. The summed E-state index contributed by atoms with van der Waals surface area (Å²) in [4.78, 5) is 19.3. The number of carbonyl (C=O) groups is 1. The fraction of sp³-hybridized carbons (Fsp3) is 0.429. The van der Waals surface area contributed by atoms with E-state index in [0.29, 0.717) is 18.2 Å². The number of nitrogens with zero attached hydrogens (tertiary/aromatic N) is 3. The first-order valence-electron chi connectivity index (χ1n) is 12.6. The Labute approximate surface area is 211 Å². The van der Waals surface area contributed by atoms with Crippen molar-refractivity contribution >= 4 is 22.5 Å². The van der Waals surface area contributed by atoms with Crippen LogP contribution in [0.25, 0.3) is 10.9 Å². The monoisotopic (exact) mass is 490 g/mol. The summed E-state index contributed by atoms with van der Waals surface area (Å²) in [5.41, 5.74) is 10.2. The van der Waals surface area contributed by atoms with E-state index >= 15 is 0 Å². The van der Waals surface area contributed by atoms with Crippen molar-refractivity contribution in [1.82, 2.24) is 9.47 Å². The Morgan fingerprint density at radius 1 is 1.17 bits per heavy atom. The third-order valence-corrected chi connectivity index (χ3v) is 7.37. The van der Waals surface area contributed by atoms with E-state index in [1.54, 1.807) is 20.3 Å². The van der Waals surface area contributed by atoms with Crippen LogP contribution in [0.5, 0.6) is 11.5 Å². The van der Waals surface area contributed by atoms with Gasteiger partial charge in [0.25, 0.3) is 0 Å². The maximum Gasteiger partial charge on any atom is 0.248 e. The molecular weight excluding hydrogens is 456 g/mol. The number of oxime groups is 1. The van der Waals surface area contributed by atoms with Crippen LogP contribution in [0.4, 0.5) is 0 Å². The number of aromatic nitrogens is 1. The summed E-state index contributed by atoms with van der Waals surface area (Å²) in [7, 11) is 3.29. The van der Waals surface area contributed by atoms with Crippen LogP contribution in [-0.2, 0) is 11.3 Å². The van der Waals surface area contributed by atoms with Gasteiger partial charge < -0.3 is 29.5 Å². The number of hydrogen-bond donors (Lipinski definition) is 1. The lowest BCUT2D eigenvalue weighted by Gasteiger charge is -2.33. The molecule has 0 atom stereocenters. The number of rotatable bonds is 7. The molecule has 36 heavy (non-hydrogen) atoms. The molecule has 1 aromatic heterocycles. The van der Waals surface area contributed by atoms with Crippen LogP contribution in [0.15, 0.2) is 47.8 Å². The summed E-state index contributed by atoms with van der Waals surface area (Å²) >= 11 is 0. The van der Waals surface area contributed by atoms with Gasteiger partial charge in [0.2, 0.25) is 5.91 Å². The molecule has 0 radical (unpaired) electrons. The molecule has 1 fully saturated rings. The number of methoxy groups -OCH3 is 1. The molecule has 2 aliphatic rings. The maximum atomic E-state index is 11.7. The van der Waals surface area contributed by atoms with Crippen molar-refractivity contribution < 1.29 is 19.1 Å². The number of primary amides is 1. The van der Waals surface area contributed by atoms with Gasteiger partial charge in [-0.3, -0.25) is 4.79 Å². The third kappa shape index (κ3) is 4.91. The molecule has 2 aliphatic heterocycles. The van der Waals surface area contributed by atoms with Crippen molar-refractivity contribution in [2.75, 3.05) is 40.5 Å². The first kappa shape index (κ1) is 24.2. The Hall–Kier alpha value is -3.52. The summed E-state index contributed by atoms with van der Waals surface area (Å²) in [5.74, 6) is 1.27. The van der Waals surface area contributed by atoms with Gasteiger partial charge in [0.15, 0.2) is 0 Å². The Morgan fingerprint density at radius 2 is 2.00 bits per heavy atom. The summed E-state index contributed by atoms with van der Waals surface area (Å²) < 4.78 is 14.0. The van der Waals surface area contributed by atoms with Gasteiger partial charge >= 0.3 is 0 Å². The largest absolute Gasteiger partial charge is 0.496 e. The highest BCUT2D eigenvalue weighted by atomic mass is 16.6. The molecule has 1 saturated heterocycles. The molecule has 190 valence electrons. The normalized spacial score (nSPS) is 18.0. The molecule has 5 rings (SSSR count). The van der Waals surface area contributed by atoms with Crippen molar-refractivity contribution in [2.24, 2.45) is 10.9 Å². The third-order valence-electron chi connectivity index (χ3n) is 7.37. The predicted octanol–water partition coefficient (Wildman–Crippen LogP) is 4.15. The SMILES string of the molecule is CO/N=C1/CCCOc2cc(OC)c(CCN3CCC(n4ccc5ccc(C(N)=O)cc54)CC3)cc21. The number of piperidine rings is 1. The van der Waals surface area contributed by atoms with Crippen molar-refractivity contribution in [1.29, 1.82) is 0 Å². The van der Waals surface area contributed by atoms with Gasteiger partial charge in [-0.05, 0) is 67.3 Å². The minimum Gasteiger partial charge on any atom is -0.496 e. The van der Waals surface area contributed by atoms with Crippen LogP contribution in [0.1, 0.15) is 53.2 Å². The standard InChI is InChI=1S/C28H34N4O4/c1-34-26-18-27-23(24(30-35-2)4-3-15-36-27)16-20(26)7-11-31-12-9-22(10-13-31)32-14-8-19-5-6-21(28(29)33)17-25(19)32/h5-6,8,14,16-18,22H,3-4,7,9-13,15H2,1-2H3,(H2,29,33)/b30-24-. The average molecular weight is 491 g/mol. The smallest absolute Gasteiger partial charge is 0.248 e. The number of likely N-dealkylation sites (tertiary alicyclic amines) is 1. The molecule has 0 aliphatic carbocycles. The van der Waals surface area contributed by atoms with Gasteiger partial charge in [-0.15, -0.1) is 0 Å². The lowest BCUT2D eigenvalue weighted by molar-refractivity contribution is 0.100. The van der Waals surface area contributed by atoms with Crippen LogP contribution >= 0.6 is 0 Å². The van der Waals surface area contributed by atoms with Crippen molar-refractivity contribution in [2.45, 2.75) is 38.1 Å². The Bertz CT molecular complexity index is 1270. The number of carbonyl (C=O) groups excluding carboxylic acids is 1. The molecule has 8 nitrogen and oxygen atoms in total. The second kappa shape index (κ2) is 10.6. The molecule has 1 amide bonds. The first-order chi connectivity index (χ1) is 17.6. The highest BCUT2D eigenvalue weighted by Gasteiger charge is 2.23. The van der Waals surface area contributed by atoms with E-state index in [9.17, 15) is 4.79 Å². The lowest BCUT2D eigenvalue weighted by atomic mass is 9.99. The summed E-state index contributed by atoms with van der Waals surface area (Å²) in [5, 5.41) is 5.40. The van der Waals surface area contributed by atoms with Crippen molar-refractivity contribution in [3.05, 3.63) is 59.3 Å². The molecular formula is C28H34N4O4. The second-order valence-corrected chi connectivity index (χ2v) is 9.52. The minimum atomic E-state index is -0.389. The van der Waals surface area contributed by atoms with Gasteiger partial charge in [-0.2, -0.15) is 0 Å². The molecule has 0 saturated carbocycles. The zero-order valence-corrected chi connectivity index (χ0v) is 21.0. The van der Waals surface area contributed by atoms with E-state index in [-0.39, 0.29) is 5.91 Å². The minimum absolute atomic E-state index is 0.389. The Kier molecular flexibility index (Phi) is 7.13. The second-order valence-electron chi connectivity index (χ2n) is 9.52. The molecule has 0 unspecified atom stereocenters. The van der Waals surface area contributed by atoms with Crippen molar-refractivity contribution in [3.63, 3.8) is 0 Å². The highest BCUT2D eigenvalue weighted by molar-refractivity contribution is 6.03. The fourth-order valence-corrected chi connectivity index (χ4v) is 5.42. The van der Waals surface area contributed by atoms with E-state index in [1.165, 1.54) is 0 Å². The Morgan fingerprint density at radius 3 is 2.75 bits per heavy atom. The van der Waals surface area contributed by atoms with Crippen molar-refractivity contribution in [3.8, 4) is 11.5 Å². The van der Waals surface area contributed by atoms with Gasteiger partial charge in [-0.25, -0.2) is 0 Å². The molecule has 3 heterocycles. The molecule has 3 aromatic rings. The number of benzene rings is 2. The van der Waals surface area contributed by atoms with E-state index < -0.39 is 0 Å². The Balaban J connectivity index is 1.26. The van der Waals surface area contributed by atoms with Crippen LogP contribution < -0.4 is 15.2 Å². The highest BCUT2D eigenvalue weighted by Crippen LogP contribution is 2.34. The maximum absolute atomic E-state index is 11.7. The van der Waals surface area contributed by atoms with Crippen LogP contribution in [0, 0.1) is 0 Å².